The molecular formula is C20H24N4O4. The number of primary amides is 1. The summed E-state index contributed by atoms with van der Waals surface area (Å²) in [4.78, 5) is 23.5. The predicted octanol–water partition coefficient (Wildman–Crippen LogP) is 2.34. The van der Waals surface area contributed by atoms with Crippen LogP contribution in [0.1, 0.15) is 55.2 Å². The van der Waals surface area contributed by atoms with E-state index < -0.39 is 5.91 Å². The summed E-state index contributed by atoms with van der Waals surface area (Å²) >= 11 is 0. The van der Waals surface area contributed by atoms with Gasteiger partial charge in [-0.25, -0.2) is 4.68 Å². The zero-order chi connectivity index (χ0) is 19.7. The molecule has 2 aliphatic rings. The fourth-order valence-electron chi connectivity index (χ4n) is 4.13. The topological polar surface area (TPSA) is 108 Å². The smallest absolute Gasteiger partial charge is 0.255 e. The highest BCUT2D eigenvalue weighted by atomic mass is 16.5. The van der Waals surface area contributed by atoms with Crippen molar-refractivity contribution in [2.75, 3.05) is 19.0 Å². The summed E-state index contributed by atoms with van der Waals surface area (Å²) in [5.41, 5.74) is 7.09. The Morgan fingerprint density at radius 2 is 2.11 bits per heavy atom. The van der Waals surface area contributed by atoms with E-state index in [-0.39, 0.29) is 18.4 Å². The molecular weight excluding hydrogens is 360 g/mol. The number of nitrogens with two attached hydrogens (primary N) is 1. The van der Waals surface area contributed by atoms with Crippen molar-refractivity contribution in [1.29, 1.82) is 0 Å². The number of methoxy groups -OCH3 is 1. The third kappa shape index (κ3) is 3.42. The molecule has 1 atom stereocenters. The van der Waals surface area contributed by atoms with Crippen molar-refractivity contribution in [3.63, 3.8) is 0 Å². The molecule has 148 valence electrons. The number of hydrogen-bond donors (Lipinski definition) is 2. The first kappa shape index (κ1) is 18.3. The molecule has 0 radical (unpaired) electrons. The van der Waals surface area contributed by atoms with Crippen LogP contribution in [0.2, 0.25) is 0 Å². The number of rotatable bonds is 6. The molecule has 2 heterocycles. The SMILES string of the molecule is COc1ccc([C@H]2CC(=O)Nc3c2cnn3C2CCCC2)cc1OCC(N)=O. The minimum absolute atomic E-state index is 0.0346. The van der Waals surface area contributed by atoms with E-state index in [1.165, 1.54) is 20.0 Å². The Labute approximate surface area is 163 Å². The van der Waals surface area contributed by atoms with Gasteiger partial charge < -0.3 is 20.5 Å². The number of hydrogen-bond acceptors (Lipinski definition) is 5. The molecule has 0 spiro atoms. The van der Waals surface area contributed by atoms with Crippen LogP contribution in [0.15, 0.2) is 24.4 Å². The summed E-state index contributed by atoms with van der Waals surface area (Å²) in [5, 5.41) is 7.60. The summed E-state index contributed by atoms with van der Waals surface area (Å²) in [7, 11) is 1.53. The summed E-state index contributed by atoms with van der Waals surface area (Å²) in [6.45, 7) is -0.240. The van der Waals surface area contributed by atoms with E-state index in [1.54, 1.807) is 6.07 Å². The molecule has 1 fully saturated rings. The molecule has 1 aliphatic carbocycles. The first-order chi connectivity index (χ1) is 13.6. The number of carbonyl (C=O) groups excluding carboxylic acids is 2. The van der Waals surface area contributed by atoms with Crippen LogP contribution >= 0.6 is 0 Å². The fourth-order valence-corrected chi connectivity index (χ4v) is 4.13. The number of amides is 2. The van der Waals surface area contributed by atoms with E-state index in [9.17, 15) is 9.59 Å². The zero-order valence-corrected chi connectivity index (χ0v) is 15.8. The highest BCUT2D eigenvalue weighted by Crippen LogP contribution is 2.42. The number of anilines is 1. The number of carbonyl (C=O) groups is 2. The van der Waals surface area contributed by atoms with E-state index in [1.807, 2.05) is 23.0 Å². The number of aromatic nitrogens is 2. The average molecular weight is 384 g/mol. The number of nitrogens with one attached hydrogen (secondary N) is 1. The number of fused-ring (bicyclic) bond motifs is 1. The maximum absolute atomic E-state index is 12.4. The Balaban J connectivity index is 1.69. The first-order valence-electron chi connectivity index (χ1n) is 9.53. The van der Waals surface area contributed by atoms with E-state index >= 15 is 0 Å². The second-order valence-corrected chi connectivity index (χ2v) is 7.30. The van der Waals surface area contributed by atoms with Gasteiger partial charge in [-0.15, -0.1) is 0 Å². The monoisotopic (exact) mass is 384 g/mol. The lowest BCUT2D eigenvalue weighted by Crippen LogP contribution is -2.25. The molecule has 1 aromatic carbocycles. The van der Waals surface area contributed by atoms with Gasteiger partial charge in [0.05, 0.1) is 19.3 Å². The number of ether oxygens (including phenoxy) is 2. The van der Waals surface area contributed by atoms with Gasteiger partial charge in [-0.1, -0.05) is 18.9 Å². The van der Waals surface area contributed by atoms with Crippen LogP contribution in [0.3, 0.4) is 0 Å². The summed E-state index contributed by atoms with van der Waals surface area (Å²) in [6.07, 6.45) is 6.73. The second kappa shape index (κ2) is 7.53. The van der Waals surface area contributed by atoms with Crippen LogP contribution in [0, 0.1) is 0 Å². The van der Waals surface area contributed by atoms with E-state index in [4.69, 9.17) is 15.2 Å². The summed E-state index contributed by atoms with van der Waals surface area (Å²) in [6, 6.07) is 5.84. The first-order valence-corrected chi connectivity index (χ1v) is 9.53. The van der Waals surface area contributed by atoms with Crippen molar-refractivity contribution >= 4 is 17.6 Å². The van der Waals surface area contributed by atoms with Gasteiger partial charge in [0.15, 0.2) is 18.1 Å². The Kier molecular flexibility index (Phi) is 4.93. The van der Waals surface area contributed by atoms with Crippen LogP contribution in [-0.4, -0.2) is 35.3 Å². The third-order valence-corrected chi connectivity index (χ3v) is 5.48. The number of benzene rings is 1. The maximum atomic E-state index is 12.4. The molecule has 28 heavy (non-hydrogen) atoms. The maximum Gasteiger partial charge on any atom is 0.255 e. The third-order valence-electron chi connectivity index (χ3n) is 5.48. The molecule has 1 aromatic heterocycles. The van der Waals surface area contributed by atoms with E-state index in [2.05, 4.69) is 10.4 Å². The van der Waals surface area contributed by atoms with Gasteiger partial charge in [0.1, 0.15) is 5.82 Å². The normalized spacial score (nSPS) is 19.2. The van der Waals surface area contributed by atoms with E-state index in [0.29, 0.717) is 24.0 Å². The highest BCUT2D eigenvalue weighted by Gasteiger charge is 2.32. The van der Waals surface area contributed by atoms with Crippen molar-refractivity contribution in [2.45, 2.75) is 44.1 Å². The van der Waals surface area contributed by atoms with Gasteiger partial charge in [-0.2, -0.15) is 5.10 Å². The minimum atomic E-state index is -0.565. The number of nitrogens with zero attached hydrogens (tertiary/aromatic N) is 2. The lowest BCUT2D eigenvalue weighted by Gasteiger charge is -2.25. The predicted molar refractivity (Wildman–Crippen MR) is 103 cm³/mol. The summed E-state index contributed by atoms with van der Waals surface area (Å²) < 4.78 is 12.8. The van der Waals surface area contributed by atoms with Crippen LogP contribution in [0.5, 0.6) is 11.5 Å². The Morgan fingerprint density at radius 3 is 2.82 bits per heavy atom. The molecule has 0 bridgehead atoms. The van der Waals surface area contributed by atoms with Crippen molar-refractivity contribution < 1.29 is 19.1 Å². The van der Waals surface area contributed by atoms with Gasteiger partial charge >= 0.3 is 0 Å². The van der Waals surface area contributed by atoms with Crippen molar-refractivity contribution in [3.05, 3.63) is 35.5 Å². The Morgan fingerprint density at radius 1 is 1.32 bits per heavy atom. The van der Waals surface area contributed by atoms with Gasteiger partial charge in [0.2, 0.25) is 5.91 Å². The van der Waals surface area contributed by atoms with Gasteiger partial charge in [0.25, 0.3) is 5.91 Å². The van der Waals surface area contributed by atoms with Crippen LogP contribution in [0.4, 0.5) is 5.82 Å². The largest absolute Gasteiger partial charge is 0.493 e. The molecule has 3 N–H and O–H groups in total. The molecule has 8 nitrogen and oxygen atoms in total. The van der Waals surface area contributed by atoms with Gasteiger partial charge in [-0.3, -0.25) is 9.59 Å². The van der Waals surface area contributed by atoms with Crippen molar-refractivity contribution in [1.82, 2.24) is 9.78 Å². The zero-order valence-electron chi connectivity index (χ0n) is 15.8. The average Bonchev–Trinajstić information content (AvgIpc) is 3.34. The van der Waals surface area contributed by atoms with Crippen LogP contribution in [0.25, 0.3) is 0 Å². The van der Waals surface area contributed by atoms with Gasteiger partial charge in [-0.05, 0) is 30.5 Å². The Hall–Kier alpha value is -3.03. The molecule has 0 saturated heterocycles. The standard InChI is InChI=1S/C20H24N4O4/c1-27-16-7-6-12(8-17(16)28-11-18(21)25)14-9-19(26)23-20-15(14)10-22-24(20)13-4-2-3-5-13/h6-8,10,13-14H,2-5,9,11H2,1H3,(H2,21,25)(H,23,26)/t14-/m1/s1. The van der Waals surface area contributed by atoms with Gasteiger partial charge in [0, 0.05) is 17.9 Å². The van der Waals surface area contributed by atoms with Crippen LogP contribution in [-0.2, 0) is 9.59 Å². The fraction of sp³-hybridized carbons (Fsp3) is 0.450. The molecule has 2 aromatic rings. The summed E-state index contributed by atoms with van der Waals surface area (Å²) in [5.74, 6) is 0.989. The molecule has 1 aliphatic heterocycles. The second-order valence-electron chi connectivity index (χ2n) is 7.30. The lowest BCUT2D eigenvalue weighted by molar-refractivity contribution is -0.120. The van der Waals surface area contributed by atoms with Crippen molar-refractivity contribution in [3.8, 4) is 11.5 Å². The Bertz CT molecular complexity index is 902. The molecule has 2 amide bonds. The van der Waals surface area contributed by atoms with Crippen LogP contribution < -0.4 is 20.5 Å². The van der Waals surface area contributed by atoms with Crippen molar-refractivity contribution in [2.24, 2.45) is 5.73 Å². The quantitative estimate of drug-likeness (QED) is 0.795. The molecule has 8 heteroatoms. The molecule has 4 rings (SSSR count). The minimum Gasteiger partial charge on any atom is -0.493 e. The van der Waals surface area contributed by atoms with E-state index in [0.717, 1.165) is 29.8 Å². The highest BCUT2D eigenvalue weighted by molar-refractivity contribution is 5.94. The molecule has 0 unspecified atom stereocenters. The lowest BCUT2D eigenvalue weighted by atomic mass is 9.87. The molecule has 1 saturated carbocycles.